The van der Waals surface area contributed by atoms with Crippen LogP contribution in [0.3, 0.4) is 0 Å². The summed E-state index contributed by atoms with van der Waals surface area (Å²) in [6.07, 6.45) is 0.596. The van der Waals surface area contributed by atoms with Gasteiger partial charge in [-0.15, -0.1) is 0 Å². The van der Waals surface area contributed by atoms with Gasteiger partial charge in [-0.25, -0.2) is 4.39 Å². The lowest BCUT2D eigenvalue weighted by atomic mass is 10.1. The molecule has 2 saturated heterocycles. The van der Waals surface area contributed by atoms with E-state index in [4.69, 9.17) is 0 Å². The molecule has 2 aliphatic heterocycles. The summed E-state index contributed by atoms with van der Waals surface area (Å²) < 4.78 is 13.5. The Hall–Kier alpha value is -1.95. The maximum absolute atomic E-state index is 13.5. The molecule has 2 amide bonds. The van der Waals surface area contributed by atoms with E-state index in [1.807, 2.05) is 6.07 Å². The lowest BCUT2D eigenvalue weighted by molar-refractivity contribution is -0.146. The van der Waals surface area contributed by atoms with E-state index in [9.17, 15) is 14.0 Å². The van der Waals surface area contributed by atoms with Crippen molar-refractivity contribution in [3.05, 3.63) is 35.1 Å². The summed E-state index contributed by atoms with van der Waals surface area (Å²) in [6.45, 7) is 4.47. The Morgan fingerprint density at radius 3 is 2.91 bits per heavy atom. The monoisotopic (exact) mass is 305 g/mol. The highest BCUT2D eigenvalue weighted by Crippen LogP contribution is 2.23. The molecule has 0 unspecified atom stereocenters. The molecule has 2 N–H and O–H groups in total. The number of nitrogens with zero attached hydrogens (tertiary/aromatic N) is 1. The number of aryl methyl sites for hydroxylation is 1. The second-order valence-electron chi connectivity index (χ2n) is 6.13. The number of benzene rings is 1. The number of rotatable bonds is 3. The minimum Gasteiger partial charge on any atom is -0.343 e. The Labute approximate surface area is 128 Å². The van der Waals surface area contributed by atoms with Crippen molar-refractivity contribution in [2.75, 3.05) is 6.54 Å². The molecule has 1 aromatic rings. The predicted octanol–water partition coefficient (Wildman–Crippen LogP) is 0.712. The molecule has 2 fully saturated rings. The van der Waals surface area contributed by atoms with Gasteiger partial charge < -0.3 is 15.5 Å². The number of hydrogen-bond acceptors (Lipinski definition) is 3. The number of carbonyl (C=O) groups excluding carboxylic acids is 2. The van der Waals surface area contributed by atoms with E-state index in [0.29, 0.717) is 25.1 Å². The number of nitrogens with one attached hydrogen (secondary N) is 2. The SMILES string of the molecule is Cc1ccc(CN[C@H]2C[C@H]3C(=O)N[C@@H](C)C(=O)N3C2)cc1F. The molecule has 3 rings (SSSR count). The zero-order chi connectivity index (χ0) is 15.9. The molecule has 0 saturated carbocycles. The number of piperazine rings is 1. The summed E-state index contributed by atoms with van der Waals surface area (Å²) in [4.78, 5) is 25.7. The second kappa shape index (κ2) is 5.68. The van der Waals surface area contributed by atoms with Gasteiger partial charge in [0.05, 0.1) is 0 Å². The third-order valence-electron chi connectivity index (χ3n) is 4.45. The van der Waals surface area contributed by atoms with Crippen LogP contribution in [0.2, 0.25) is 0 Å². The minimum atomic E-state index is -0.450. The zero-order valence-corrected chi connectivity index (χ0v) is 12.7. The van der Waals surface area contributed by atoms with Gasteiger partial charge in [-0.1, -0.05) is 12.1 Å². The summed E-state index contributed by atoms with van der Waals surface area (Å²) in [6, 6.07) is 4.38. The topological polar surface area (TPSA) is 61.4 Å². The summed E-state index contributed by atoms with van der Waals surface area (Å²) in [7, 11) is 0. The molecule has 1 aromatic carbocycles. The fraction of sp³-hybridized carbons (Fsp3) is 0.500. The van der Waals surface area contributed by atoms with Gasteiger partial charge in [0.25, 0.3) is 0 Å². The van der Waals surface area contributed by atoms with Gasteiger partial charge in [-0.3, -0.25) is 9.59 Å². The van der Waals surface area contributed by atoms with Gasteiger partial charge in [-0.2, -0.15) is 0 Å². The smallest absolute Gasteiger partial charge is 0.245 e. The molecule has 0 aliphatic carbocycles. The van der Waals surface area contributed by atoms with Gasteiger partial charge in [0, 0.05) is 19.1 Å². The van der Waals surface area contributed by atoms with Crippen LogP contribution >= 0.6 is 0 Å². The third-order valence-corrected chi connectivity index (χ3v) is 4.45. The summed E-state index contributed by atoms with van der Waals surface area (Å²) >= 11 is 0. The van der Waals surface area contributed by atoms with E-state index < -0.39 is 6.04 Å². The average Bonchev–Trinajstić information content (AvgIpc) is 2.91. The first-order valence-electron chi connectivity index (χ1n) is 7.55. The lowest BCUT2D eigenvalue weighted by Gasteiger charge is -2.32. The van der Waals surface area contributed by atoms with Crippen molar-refractivity contribution < 1.29 is 14.0 Å². The normalized spacial score (nSPS) is 27.8. The molecule has 2 heterocycles. The van der Waals surface area contributed by atoms with Crippen LogP contribution in [-0.2, 0) is 16.1 Å². The molecule has 0 bridgehead atoms. The van der Waals surface area contributed by atoms with Gasteiger partial charge >= 0.3 is 0 Å². The first kappa shape index (κ1) is 15.0. The number of hydrogen-bond donors (Lipinski definition) is 2. The Balaban J connectivity index is 1.62. The van der Waals surface area contributed by atoms with E-state index in [-0.39, 0.29) is 29.7 Å². The fourth-order valence-electron chi connectivity index (χ4n) is 3.10. The third kappa shape index (κ3) is 2.70. The van der Waals surface area contributed by atoms with Crippen molar-refractivity contribution in [1.82, 2.24) is 15.5 Å². The van der Waals surface area contributed by atoms with E-state index in [0.717, 1.165) is 5.56 Å². The maximum Gasteiger partial charge on any atom is 0.245 e. The highest BCUT2D eigenvalue weighted by atomic mass is 19.1. The van der Waals surface area contributed by atoms with E-state index >= 15 is 0 Å². The van der Waals surface area contributed by atoms with Crippen LogP contribution in [0.15, 0.2) is 18.2 Å². The van der Waals surface area contributed by atoms with Gasteiger partial charge in [0.2, 0.25) is 11.8 Å². The lowest BCUT2D eigenvalue weighted by Crippen LogP contribution is -2.60. The van der Waals surface area contributed by atoms with Crippen molar-refractivity contribution in [3.63, 3.8) is 0 Å². The van der Waals surface area contributed by atoms with Crippen LogP contribution in [0.1, 0.15) is 24.5 Å². The van der Waals surface area contributed by atoms with Crippen molar-refractivity contribution in [3.8, 4) is 0 Å². The number of fused-ring (bicyclic) bond motifs is 1. The van der Waals surface area contributed by atoms with E-state index in [2.05, 4.69) is 10.6 Å². The first-order valence-corrected chi connectivity index (χ1v) is 7.55. The van der Waals surface area contributed by atoms with Crippen LogP contribution in [0, 0.1) is 12.7 Å². The van der Waals surface area contributed by atoms with Crippen LogP contribution in [0.4, 0.5) is 4.39 Å². The Morgan fingerprint density at radius 2 is 2.18 bits per heavy atom. The minimum absolute atomic E-state index is 0.0321. The molecular weight excluding hydrogens is 285 g/mol. The van der Waals surface area contributed by atoms with Gasteiger partial charge in [0.15, 0.2) is 0 Å². The molecular formula is C16H20FN3O2. The van der Waals surface area contributed by atoms with Gasteiger partial charge in [-0.05, 0) is 37.5 Å². The zero-order valence-electron chi connectivity index (χ0n) is 12.7. The summed E-state index contributed by atoms with van der Waals surface area (Å²) in [5.74, 6) is -0.334. The van der Waals surface area contributed by atoms with Crippen LogP contribution < -0.4 is 10.6 Å². The molecule has 2 aliphatic rings. The summed E-state index contributed by atoms with van der Waals surface area (Å²) in [5.41, 5.74) is 1.48. The Bertz CT molecular complexity index is 619. The van der Waals surface area contributed by atoms with Gasteiger partial charge in [0.1, 0.15) is 17.9 Å². The largest absolute Gasteiger partial charge is 0.343 e. The molecule has 0 spiro atoms. The fourth-order valence-corrected chi connectivity index (χ4v) is 3.10. The highest BCUT2D eigenvalue weighted by molar-refractivity contribution is 5.97. The average molecular weight is 305 g/mol. The molecule has 118 valence electrons. The number of carbonyl (C=O) groups is 2. The Kier molecular flexibility index (Phi) is 3.87. The standard InChI is InChI=1S/C16H20FN3O2/c1-9-3-4-11(5-13(9)17)7-18-12-6-14-15(21)19-10(2)16(22)20(14)8-12/h3-5,10,12,14,18H,6-8H2,1-2H3,(H,19,21)/t10-,12-,14-/m0/s1. The van der Waals surface area contributed by atoms with Crippen molar-refractivity contribution in [1.29, 1.82) is 0 Å². The first-order chi connectivity index (χ1) is 10.5. The number of halogens is 1. The molecule has 0 aromatic heterocycles. The second-order valence-corrected chi connectivity index (χ2v) is 6.13. The molecule has 0 radical (unpaired) electrons. The molecule has 5 nitrogen and oxygen atoms in total. The van der Waals surface area contributed by atoms with Crippen molar-refractivity contribution in [2.45, 2.75) is 44.9 Å². The van der Waals surface area contributed by atoms with Crippen LogP contribution in [0.25, 0.3) is 0 Å². The van der Waals surface area contributed by atoms with E-state index in [1.165, 1.54) is 6.07 Å². The van der Waals surface area contributed by atoms with Crippen LogP contribution in [0.5, 0.6) is 0 Å². The summed E-state index contributed by atoms with van der Waals surface area (Å²) in [5, 5.41) is 6.02. The van der Waals surface area contributed by atoms with Crippen molar-refractivity contribution in [2.24, 2.45) is 0 Å². The number of amides is 2. The molecule has 22 heavy (non-hydrogen) atoms. The maximum atomic E-state index is 13.5. The van der Waals surface area contributed by atoms with Crippen molar-refractivity contribution >= 4 is 11.8 Å². The quantitative estimate of drug-likeness (QED) is 0.865. The van der Waals surface area contributed by atoms with E-state index in [1.54, 1.807) is 24.8 Å². The Morgan fingerprint density at radius 1 is 1.41 bits per heavy atom. The van der Waals surface area contributed by atoms with Crippen LogP contribution in [-0.4, -0.2) is 41.4 Å². The molecule has 3 atom stereocenters. The highest BCUT2D eigenvalue weighted by Gasteiger charge is 2.44. The molecule has 6 heteroatoms. The predicted molar refractivity (Wildman–Crippen MR) is 79.5 cm³/mol.